The third-order valence-electron chi connectivity index (χ3n) is 3.55. The van der Waals surface area contributed by atoms with E-state index in [0.717, 1.165) is 18.7 Å². The van der Waals surface area contributed by atoms with E-state index in [4.69, 9.17) is 5.73 Å². The van der Waals surface area contributed by atoms with Crippen molar-refractivity contribution in [1.82, 2.24) is 4.31 Å². The van der Waals surface area contributed by atoms with Crippen molar-refractivity contribution in [2.24, 2.45) is 5.73 Å². The van der Waals surface area contributed by atoms with Crippen molar-refractivity contribution in [2.45, 2.75) is 13.5 Å². The quantitative estimate of drug-likeness (QED) is 0.879. The molecule has 1 heterocycles. The number of anilines is 1. The van der Waals surface area contributed by atoms with E-state index < -0.39 is 10.0 Å². The van der Waals surface area contributed by atoms with Gasteiger partial charge in [-0.15, -0.1) is 0 Å². The van der Waals surface area contributed by atoms with Gasteiger partial charge in [-0.3, -0.25) is 0 Å². The van der Waals surface area contributed by atoms with Gasteiger partial charge >= 0.3 is 0 Å². The minimum absolute atomic E-state index is 0.545. The zero-order chi connectivity index (χ0) is 14.0. The van der Waals surface area contributed by atoms with Gasteiger partial charge in [-0.25, -0.2) is 8.42 Å². The van der Waals surface area contributed by atoms with Crippen LogP contribution in [0.5, 0.6) is 0 Å². The number of hydrogen-bond donors (Lipinski definition) is 1. The molecule has 0 atom stereocenters. The van der Waals surface area contributed by atoms with E-state index >= 15 is 0 Å². The standard InChI is InChI=1S/C13H21N3O2S/c1-11-9-12(10-14)3-4-13(11)15-5-7-16(8-6-15)19(2,17)18/h3-4,9H,5-8,10,14H2,1-2H3. The third-order valence-corrected chi connectivity index (χ3v) is 4.85. The van der Waals surface area contributed by atoms with Gasteiger partial charge in [-0.1, -0.05) is 12.1 Å². The van der Waals surface area contributed by atoms with Gasteiger partial charge in [0.1, 0.15) is 0 Å². The predicted molar refractivity (Wildman–Crippen MR) is 77.7 cm³/mol. The predicted octanol–water partition coefficient (Wildman–Crippen LogP) is 0.535. The second-order valence-corrected chi connectivity index (χ2v) is 6.96. The number of piperazine rings is 1. The van der Waals surface area contributed by atoms with Gasteiger partial charge in [0, 0.05) is 38.4 Å². The normalized spacial score (nSPS) is 17.7. The minimum atomic E-state index is -3.06. The third kappa shape index (κ3) is 3.26. The second-order valence-electron chi connectivity index (χ2n) is 4.97. The SMILES string of the molecule is Cc1cc(CN)ccc1N1CCN(S(C)(=O)=O)CC1. The summed E-state index contributed by atoms with van der Waals surface area (Å²) in [6.45, 7) is 5.18. The topological polar surface area (TPSA) is 66.6 Å². The number of aryl methyl sites for hydroxylation is 1. The zero-order valence-electron chi connectivity index (χ0n) is 11.5. The molecule has 19 heavy (non-hydrogen) atoms. The molecule has 1 aromatic carbocycles. The molecule has 2 rings (SSSR count). The Bertz CT molecular complexity index is 549. The molecule has 106 valence electrons. The summed E-state index contributed by atoms with van der Waals surface area (Å²) < 4.78 is 24.5. The molecule has 1 aliphatic rings. The maximum atomic E-state index is 11.5. The van der Waals surface area contributed by atoms with Gasteiger partial charge in [0.15, 0.2) is 0 Å². The number of hydrogen-bond acceptors (Lipinski definition) is 4. The summed E-state index contributed by atoms with van der Waals surface area (Å²) in [5, 5.41) is 0. The monoisotopic (exact) mass is 283 g/mol. The van der Waals surface area contributed by atoms with Crippen molar-refractivity contribution < 1.29 is 8.42 Å². The summed E-state index contributed by atoms with van der Waals surface area (Å²) >= 11 is 0. The lowest BCUT2D eigenvalue weighted by atomic mass is 10.1. The lowest BCUT2D eigenvalue weighted by molar-refractivity contribution is 0.388. The van der Waals surface area contributed by atoms with Gasteiger partial charge in [0.25, 0.3) is 0 Å². The summed E-state index contributed by atoms with van der Waals surface area (Å²) in [4.78, 5) is 2.23. The van der Waals surface area contributed by atoms with Gasteiger partial charge in [0.2, 0.25) is 10.0 Å². The molecule has 0 aromatic heterocycles. The van der Waals surface area contributed by atoms with Gasteiger partial charge in [-0.2, -0.15) is 4.31 Å². The molecule has 0 unspecified atom stereocenters. The molecule has 1 saturated heterocycles. The molecular weight excluding hydrogens is 262 g/mol. The fourth-order valence-corrected chi connectivity index (χ4v) is 3.29. The average Bonchev–Trinajstić information content (AvgIpc) is 2.37. The van der Waals surface area contributed by atoms with E-state index in [1.807, 2.05) is 6.07 Å². The van der Waals surface area contributed by atoms with Crippen LogP contribution in [-0.2, 0) is 16.6 Å². The molecule has 0 radical (unpaired) electrons. The summed E-state index contributed by atoms with van der Waals surface area (Å²) in [6, 6.07) is 6.21. The first kappa shape index (κ1) is 14.3. The fraction of sp³-hybridized carbons (Fsp3) is 0.538. The molecule has 1 fully saturated rings. The second kappa shape index (κ2) is 5.48. The first-order chi connectivity index (χ1) is 8.91. The largest absolute Gasteiger partial charge is 0.369 e. The van der Waals surface area contributed by atoms with Crippen LogP contribution < -0.4 is 10.6 Å². The zero-order valence-corrected chi connectivity index (χ0v) is 12.3. The van der Waals surface area contributed by atoms with Crippen molar-refractivity contribution in [1.29, 1.82) is 0 Å². The van der Waals surface area contributed by atoms with Gasteiger partial charge < -0.3 is 10.6 Å². The summed E-state index contributed by atoms with van der Waals surface area (Å²) in [5.74, 6) is 0. The van der Waals surface area contributed by atoms with E-state index in [0.29, 0.717) is 19.6 Å². The number of nitrogens with two attached hydrogens (primary N) is 1. The van der Waals surface area contributed by atoms with Crippen molar-refractivity contribution in [3.8, 4) is 0 Å². The Balaban J connectivity index is 2.10. The number of rotatable bonds is 3. The molecule has 0 bridgehead atoms. The molecular formula is C13H21N3O2S. The molecule has 2 N–H and O–H groups in total. The highest BCUT2D eigenvalue weighted by Crippen LogP contribution is 2.23. The molecule has 5 nitrogen and oxygen atoms in total. The Morgan fingerprint density at radius 3 is 2.32 bits per heavy atom. The maximum Gasteiger partial charge on any atom is 0.211 e. The van der Waals surface area contributed by atoms with Crippen molar-refractivity contribution >= 4 is 15.7 Å². The van der Waals surface area contributed by atoms with Crippen molar-refractivity contribution in [3.05, 3.63) is 29.3 Å². The maximum absolute atomic E-state index is 11.5. The van der Waals surface area contributed by atoms with E-state index in [1.165, 1.54) is 21.8 Å². The van der Waals surface area contributed by atoms with Gasteiger partial charge in [-0.05, 0) is 24.1 Å². The Hall–Kier alpha value is -1.11. The number of nitrogens with zero attached hydrogens (tertiary/aromatic N) is 2. The summed E-state index contributed by atoms with van der Waals surface area (Å²) in [5.41, 5.74) is 9.11. The van der Waals surface area contributed by atoms with E-state index in [9.17, 15) is 8.42 Å². The van der Waals surface area contributed by atoms with E-state index in [1.54, 1.807) is 0 Å². The fourth-order valence-electron chi connectivity index (χ4n) is 2.46. The molecule has 1 aromatic rings. The highest BCUT2D eigenvalue weighted by molar-refractivity contribution is 7.88. The van der Waals surface area contributed by atoms with E-state index in [-0.39, 0.29) is 0 Å². The molecule has 0 amide bonds. The van der Waals surface area contributed by atoms with Crippen LogP contribution in [0, 0.1) is 6.92 Å². The molecule has 0 saturated carbocycles. The smallest absolute Gasteiger partial charge is 0.211 e. The van der Waals surface area contributed by atoms with Crippen LogP contribution in [0.2, 0.25) is 0 Å². The summed E-state index contributed by atoms with van der Waals surface area (Å²) in [7, 11) is -3.06. The van der Waals surface area contributed by atoms with Crippen LogP contribution in [0.4, 0.5) is 5.69 Å². The van der Waals surface area contributed by atoms with Crippen molar-refractivity contribution in [2.75, 3.05) is 37.3 Å². The van der Waals surface area contributed by atoms with Gasteiger partial charge in [0.05, 0.1) is 6.26 Å². The Kier molecular flexibility index (Phi) is 4.13. The average molecular weight is 283 g/mol. The Labute approximate surface area is 115 Å². The first-order valence-corrected chi connectivity index (χ1v) is 8.26. The van der Waals surface area contributed by atoms with Crippen LogP contribution in [0.3, 0.4) is 0 Å². The molecule has 0 aliphatic carbocycles. The highest BCUT2D eigenvalue weighted by atomic mass is 32.2. The molecule has 1 aliphatic heterocycles. The highest BCUT2D eigenvalue weighted by Gasteiger charge is 2.23. The molecule has 6 heteroatoms. The lowest BCUT2D eigenvalue weighted by Crippen LogP contribution is -2.48. The first-order valence-electron chi connectivity index (χ1n) is 6.41. The van der Waals surface area contributed by atoms with Crippen LogP contribution in [0.1, 0.15) is 11.1 Å². The van der Waals surface area contributed by atoms with Crippen LogP contribution >= 0.6 is 0 Å². The minimum Gasteiger partial charge on any atom is -0.369 e. The number of sulfonamides is 1. The van der Waals surface area contributed by atoms with Crippen LogP contribution in [-0.4, -0.2) is 45.2 Å². The van der Waals surface area contributed by atoms with E-state index in [2.05, 4.69) is 24.0 Å². The lowest BCUT2D eigenvalue weighted by Gasteiger charge is -2.35. The number of benzene rings is 1. The molecule has 0 spiro atoms. The summed E-state index contributed by atoms with van der Waals surface area (Å²) in [6.07, 6.45) is 1.27. The van der Waals surface area contributed by atoms with Crippen LogP contribution in [0.25, 0.3) is 0 Å². The van der Waals surface area contributed by atoms with Crippen molar-refractivity contribution in [3.63, 3.8) is 0 Å². The Morgan fingerprint density at radius 2 is 1.84 bits per heavy atom. The Morgan fingerprint density at radius 1 is 1.21 bits per heavy atom. The van der Waals surface area contributed by atoms with Crippen LogP contribution in [0.15, 0.2) is 18.2 Å².